The Morgan fingerprint density at radius 3 is 2.50 bits per heavy atom. The van der Waals surface area contributed by atoms with Gasteiger partial charge in [0.15, 0.2) is 0 Å². The largest absolute Gasteiger partial charge is 0.480 e. The summed E-state index contributed by atoms with van der Waals surface area (Å²) in [7, 11) is 0. The van der Waals surface area contributed by atoms with E-state index < -0.39 is 17.9 Å². The van der Waals surface area contributed by atoms with E-state index in [4.69, 9.17) is 5.11 Å². The monoisotopic (exact) mass is 334 g/mol. The van der Waals surface area contributed by atoms with E-state index in [-0.39, 0.29) is 18.7 Å². The first-order valence-electron chi connectivity index (χ1n) is 7.93. The highest BCUT2D eigenvalue weighted by atomic mass is 16.4. The third-order valence-corrected chi connectivity index (χ3v) is 3.92. The number of carboxylic acid groups (broad SMARTS) is 1. The van der Waals surface area contributed by atoms with Gasteiger partial charge in [0.25, 0.3) is 0 Å². The second-order valence-electron chi connectivity index (χ2n) is 5.68. The maximum atomic E-state index is 12.2. The summed E-state index contributed by atoms with van der Waals surface area (Å²) in [5.41, 5.74) is 0. The normalized spacial score (nSPS) is 15.7. The number of carboxylic acids is 1. The molecule has 2 rings (SSSR count). The molecule has 8 heteroatoms. The molecule has 0 bridgehead atoms. The summed E-state index contributed by atoms with van der Waals surface area (Å²) in [5, 5.41) is 11.1. The Morgan fingerprint density at radius 1 is 1.21 bits per heavy atom. The minimum absolute atomic E-state index is 0.00307. The van der Waals surface area contributed by atoms with Gasteiger partial charge in [0, 0.05) is 45.2 Å². The van der Waals surface area contributed by atoms with Crippen molar-refractivity contribution in [1.82, 2.24) is 15.2 Å². The molecular formula is C16H22N4O4. The first-order chi connectivity index (χ1) is 11.5. The molecule has 1 aliphatic rings. The predicted octanol–water partition coefficient (Wildman–Crippen LogP) is 0.0997. The van der Waals surface area contributed by atoms with Crippen LogP contribution in [0.1, 0.15) is 19.8 Å². The molecule has 0 unspecified atom stereocenters. The van der Waals surface area contributed by atoms with E-state index in [2.05, 4.69) is 15.2 Å². The zero-order valence-corrected chi connectivity index (χ0v) is 13.6. The van der Waals surface area contributed by atoms with Gasteiger partial charge >= 0.3 is 5.97 Å². The van der Waals surface area contributed by atoms with E-state index in [9.17, 15) is 14.4 Å². The number of carbonyl (C=O) groups excluding carboxylic acids is 2. The molecule has 1 aliphatic heterocycles. The van der Waals surface area contributed by atoms with Gasteiger partial charge in [-0.1, -0.05) is 6.07 Å². The van der Waals surface area contributed by atoms with Crippen LogP contribution in [0.2, 0.25) is 0 Å². The summed E-state index contributed by atoms with van der Waals surface area (Å²) in [6.07, 6.45) is 1.82. The molecule has 0 aromatic carbocycles. The van der Waals surface area contributed by atoms with Crippen LogP contribution in [0.4, 0.5) is 5.82 Å². The van der Waals surface area contributed by atoms with Crippen molar-refractivity contribution < 1.29 is 19.5 Å². The van der Waals surface area contributed by atoms with Crippen molar-refractivity contribution >= 4 is 23.6 Å². The van der Waals surface area contributed by atoms with Crippen LogP contribution in [0.25, 0.3) is 0 Å². The summed E-state index contributed by atoms with van der Waals surface area (Å²) >= 11 is 0. The highest BCUT2D eigenvalue weighted by molar-refractivity contribution is 5.86. The third kappa shape index (κ3) is 4.94. The molecule has 1 atom stereocenters. The number of amides is 2. The van der Waals surface area contributed by atoms with Gasteiger partial charge in [-0.05, 0) is 19.1 Å². The zero-order valence-electron chi connectivity index (χ0n) is 13.6. The average Bonchev–Trinajstić information content (AvgIpc) is 2.60. The number of carbonyl (C=O) groups is 3. The van der Waals surface area contributed by atoms with Gasteiger partial charge in [0.05, 0.1) is 0 Å². The van der Waals surface area contributed by atoms with Crippen LogP contribution in [0, 0.1) is 0 Å². The van der Waals surface area contributed by atoms with E-state index >= 15 is 0 Å². The Hall–Kier alpha value is -2.64. The Labute approximate surface area is 140 Å². The molecule has 130 valence electrons. The van der Waals surface area contributed by atoms with E-state index in [1.807, 2.05) is 18.2 Å². The van der Waals surface area contributed by atoms with Crippen LogP contribution in [0.15, 0.2) is 24.4 Å². The SMILES string of the molecule is C[C@H](NC(=O)CCC(=O)N1CCN(c2ccccn2)CC1)C(=O)O. The van der Waals surface area contributed by atoms with Gasteiger partial charge in [0.2, 0.25) is 11.8 Å². The van der Waals surface area contributed by atoms with Gasteiger partial charge in [-0.15, -0.1) is 0 Å². The van der Waals surface area contributed by atoms with Crippen molar-refractivity contribution in [1.29, 1.82) is 0 Å². The first kappa shape index (κ1) is 17.7. The number of hydrogen-bond acceptors (Lipinski definition) is 5. The zero-order chi connectivity index (χ0) is 17.5. The molecule has 0 saturated carbocycles. The summed E-state index contributed by atoms with van der Waals surface area (Å²) in [6.45, 7) is 3.96. The maximum Gasteiger partial charge on any atom is 0.325 e. The molecule has 2 amide bonds. The quantitative estimate of drug-likeness (QED) is 0.765. The molecule has 2 heterocycles. The summed E-state index contributed by atoms with van der Waals surface area (Å²) in [5.74, 6) is -0.717. The van der Waals surface area contributed by atoms with Gasteiger partial charge in [-0.25, -0.2) is 4.98 Å². The van der Waals surface area contributed by atoms with E-state index in [0.717, 1.165) is 5.82 Å². The Bertz CT molecular complexity index is 585. The van der Waals surface area contributed by atoms with Crippen molar-refractivity contribution in [3.05, 3.63) is 24.4 Å². The molecule has 24 heavy (non-hydrogen) atoms. The molecule has 0 spiro atoms. The Balaban J connectivity index is 1.73. The van der Waals surface area contributed by atoms with E-state index in [0.29, 0.717) is 26.2 Å². The molecule has 2 N–H and O–H groups in total. The van der Waals surface area contributed by atoms with Gasteiger partial charge in [-0.2, -0.15) is 0 Å². The molecule has 1 aromatic heterocycles. The smallest absolute Gasteiger partial charge is 0.325 e. The van der Waals surface area contributed by atoms with E-state index in [1.54, 1.807) is 11.1 Å². The topological polar surface area (TPSA) is 103 Å². The first-order valence-corrected chi connectivity index (χ1v) is 7.93. The number of aliphatic carboxylic acids is 1. The van der Waals surface area contributed by atoms with Crippen LogP contribution in [0.5, 0.6) is 0 Å². The highest BCUT2D eigenvalue weighted by Crippen LogP contribution is 2.13. The van der Waals surface area contributed by atoms with E-state index in [1.165, 1.54) is 6.92 Å². The fraction of sp³-hybridized carbons (Fsp3) is 0.500. The molecular weight excluding hydrogens is 312 g/mol. The number of piperazine rings is 1. The molecule has 0 radical (unpaired) electrons. The standard InChI is InChI=1S/C16H22N4O4/c1-12(16(23)24)18-14(21)5-6-15(22)20-10-8-19(9-11-20)13-4-2-3-7-17-13/h2-4,7,12H,5-6,8-11H2,1H3,(H,18,21)(H,23,24)/t12-/m0/s1. The molecule has 8 nitrogen and oxygen atoms in total. The number of rotatable bonds is 6. The Morgan fingerprint density at radius 2 is 1.92 bits per heavy atom. The number of nitrogens with zero attached hydrogens (tertiary/aromatic N) is 3. The lowest BCUT2D eigenvalue weighted by Crippen LogP contribution is -2.49. The van der Waals surface area contributed by atoms with Gasteiger partial charge in [-0.3, -0.25) is 14.4 Å². The fourth-order valence-electron chi connectivity index (χ4n) is 2.48. The highest BCUT2D eigenvalue weighted by Gasteiger charge is 2.22. The fourth-order valence-corrected chi connectivity index (χ4v) is 2.48. The summed E-state index contributed by atoms with van der Waals surface area (Å²) in [4.78, 5) is 42.6. The van der Waals surface area contributed by atoms with Crippen LogP contribution >= 0.6 is 0 Å². The van der Waals surface area contributed by atoms with Crippen molar-refractivity contribution in [2.45, 2.75) is 25.8 Å². The Kier molecular flexibility index (Phi) is 6.11. The minimum atomic E-state index is -1.10. The van der Waals surface area contributed by atoms with Crippen LogP contribution in [-0.2, 0) is 14.4 Å². The molecule has 1 saturated heterocycles. The van der Waals surface area contributed by atoms with Gasteiger partial charge in [0.1, 0.15) is 11.9 Å². The lowest BCUT2D eigenvalue weighted by Gasteiger charge is -2.35. The second-order valence-corrected chi connectivity index (χ2v) is 5.68. The molecule has 1 fully saturated rings. The minimum Gasteiger partial charge on any atom is -0.480 e. The molecule has 0 aliphatic carbocycles. The predicted molar refractivity (Wildman–Crippen MR) is 87.5 cm³/mol. The van der Waals surface area contributed by atoms with Crippen LogP contribution < -0.4 is 10.2 Å². The van der Waals surface area contributed by atoms with Crippen molar-refractivity contribution in [3.63, 3.8) is 0 Å². The summed E-state index contributed by atoms with van der Waals surface area (Å²) < 4.78 is 0. The number of pyridine rings is 1. The third-order valence-electron chi connectivity index (χ3n) is 3.92. The van der Waals surface area contributed by atoms with Crippen molar-refractivity contribution in [3.8, 4) is 0 Å². The van der Waals surface area contributed by atoms with Gasteiger partial charge < -0.3 is 20.2 Å². The van der Waals surface area contributed by atoms with Crippen molar-refractivity contribution in [2.75, 3.05) is 31.1 Å². The number of hydrogen-bond donors (Lipinski definition) is 2. The number of nitrogens with one attached hydrogen (secondary N) is 1. The second kappa shape index (κ2) is 8.28. The maximum absolute atomic E-state index is 12.2. The van der Waals surface area contributed by atoms with Crippen LogP contribution in [0.3, 0.4) is 0 Å². The lowest BCUT2D eigenvalue weighted by atomic mass is 10.2. The number of aromatic nitrogens is 1. The summed E-state index contributed by atoms with van der Waals surface area (Å²) in [6, 6.07) is 4.77. The average molecular weight is 334 g/mol. The lowest BCUT2D eigenvalue weighted by molar-refractivity contribution is -0.141. The number of anilines is 1. The van der Waals surface area contributed by atoms with Crippen LogP contribution in [-0.4, -0.2) is 65.0 Å². The van der Waals surface area contributed by atoms with Crippen molar-refractivity contribution in [2.24, 2.45) is 0 Å². The molecule has 1 aromatic rings.